The number of halogens is 3. The summed E-state index contributed by atoms with van der Waals surface area (Å²) < 4.78 is 11.3. The van der Waals surface area contributed by atoms with Gasteiger partial charge in [0.05, 0.1) is 0 Å². The van der Waals surface area contributed by atoms with Crippen LogP contribution in [0, 0.1) is 0 Å². The van der Waals surface area contributed by atoms with Crippen LogP contribution in [0.2, 0.25) is 0 Å². The monoisotopic (exact) mass is 227 g/mol. The standard InChI is InChI=1S/C8H12Cl2FNO/c1-8(9,10)7(13)12-6-3-2-5(11)4-6/h5-6H,2-4H2,1H3,(H,12,13). The van der Waals surface area contributed by atoms with E-state index >= 15 is 0 Å². The Morgan fingerprint density at radius 2 is 2.15 bits per heavy atom. The Bertz CT molecular complexity index is 205. The molecule has 1 aliphatic rings. The van der Waals surface area contributed by atoms with Crippen molar-refractivity contribution >= 4 is 29.1 Å². The minimum absolute atomic E-state index is 0.112. The highest BCUT2D eigenvalue weighted by atomic mass is 35.5. The Morgan fingerprint density at radius 3 is 2.54 bits per heavy atom. The minimum atomic E-state index is -1.42. The topological polar surface area (TPSA) is 29.1 Å². The first-order chi connectivity index (χ1) is 5.89. The summed E-state index contributed by atoms with van der Waals surface area (Å²) in [4.78, 5) is 11.2. The molecule has 13 heavy (non-hydrogen) atoms. The van der Waals surface area contributed by atoms with E-state index in [1.54, 1.807) is 0 Å². The van der Waals surface area contributed by atoms with Crippen LogP contribution in [0.1, 0.15) is 26.2 Å². The fourth-order valence-corrected chi connectivity index (χ4v) is 1.48. The van der Waals surface area contributed by atoms with E-state index in [-0.39, 0.29) is 6.04 Å². The SMILES string of the molecule is CC(Cl)(Cl)C(=O)NC1CCC(F)C1. The molecule has 2 atom stereocenters. The molecule has 76 valence electrons. The number of alkyl halides is 3. The molecular formula is C8H12Cl2FNO. The van der Waals surface area contributed by atoms with Crippen molar-refractivity contribution < 1.29 is 9.18 Å². The van der Waals surface area contributed by atoms with E-state index in [1.807, 2.05) is 0 Å². The van der Waals surface area contributed by atoms with E-state index in [9.17, 15) is 9.18 Å². The van der Waals surface area contributed by atoms with E-state index in [4.69, 9.17) is 23.2 Å². The maximum atomic E-state index is 12.7. The quantitative estimate of drug-likeness (QED) is 0.721. The van der Waals surface area contributed by atoms with Gasteiger partial charge in [0.15, 0.2) is 4.33 Å². The van der Waals surface area contributed by atoms with Crippen LogP contribution >= 0.6 is 23.2 Å². The van der Waals surface area contributed by atoms with E-state index < -0.39 is 16.4 Å². The molecule has 0 saturated heterocycles. The van der Waals surface area contributed by atoms with Gasteiger partial charge in [-0.25, -0.2) is 4.39 Å². The Balaban J connectivity index is 2.37. The molecule has 0 bridgehead atoms. The van der Waals surface area contributed by atoms with Gasteiger partial charge in [-0.1, -0.05) is 23.2 Å². The molecule has 0 heterocycles. The zero-order valence-corrected chi connectivity index (χ0v) is 8.83. The third kappa shape index (κ3) is 3.31. The van der Waals surface area contributed by atoms with Crippen molar-refractivity contribution in [1.29, 1.82) is 0 Å². The summed E-state index contributed by atoms with van der Waals surface area (Å²) in [5, 5.41) is 2.61. The Labute approximate surface area is 86.8 Å². The van der Waals surface area contributed by atoms with Crippen LogP contribution in [0.4, 0.5) is 4.39 Å². The molecule has 0 aromatic carbocycles. The van der Waals surface area contributed by atoms with Crippen LogP contribution in [-0.4, -0.2) is 22.5 Å². The highest BCUT2D eigenvalue weighted by Crippen LogP contribution is 2.24. The van der Waals surface area contributed by atoms with Crippen molar-refractivity contribution in [2.75, 3.05) is 0 Å². The predicted molar refractivity (Wildman–Crippen MR) is 50.8 cm³/mol. The van der Waals surface area contributed by atoms with Crippen LogP contribution in [-0.2, 0) is 4.79 Å². The van der Waals surface area contributed by atoms with Crippen LogP contribution in [0.3, 0.4) is 0 Å². The van der Waals surface area contributed by atoms with Gasteiger partial charge in [0.25, 0.3) is 5.91 Å². The largest absolute Gasteiger partial charge is 0.351 e. The van der Waals surface area contributed by atoms with E-state index in [1.165, 1.54) is 6.92 Å². The lowest BCUT2D eigenvalue weighted by atomic mass is 10.2. The van der Waals surface area contributed by atoms with Crippen molar-refractivity contribution in [3.63, 3.8) is 0 Å². The minimum Gasteiger partial charge on any atom is -0.351 e. The van der Waals surface area contributed by atoms with Crippen molar-refractivity contribution in [3.05, 3.63) is 0 Å². The van der Waals surface area contributed by atoms with E-state index in [0.717, 1.165) is 0 Å². The second-order valence-electron chi connectivity index (χ2n) is 3.47. The van der Waals surface area contributed by atoms with E-state index in [2.05, 4.69) is 5.32 Å². The highest BCUT2D eigenvalue weighted by molar-refractivity contribution is 6.57. The normalized spacial score (nSPS) is 28.9. The summed E-state index contributed by atoms with van der Waals surface area (Å²) in [7, 11) is 0. The van der Waals surface area contributed by atoms with Crippen LogP contribution in [0.5, 0.6) is 0 Å². The number of rotatable bonds is 2. The Kier molecular flexibility index (Phi) is 3.41. The number of amides is 1. The zero-order chi connectivity index (χ0) is 10.1. The summed E-state index contributed by atoms with van der Waals surface area (Å²) in [5.41, 5.74) is 0. The Hall–Kier alpha value is -0.0200. The summed E-state index contributed by atoms with van der Waals surface area (Å²) >= 11 is 11.1. The maximum absolute atomic E-state index is 12.7. The van der Waals surface area contributed by atoms with Gasteiger partial charge in [0.2, 0.25) is 0 Å². The van der Waals surface area contributed by atoms with Crippen molar-refractivity contribution in [1.82, 2.24) is 5.32 Å². The lowest BCUT2D eigenvalue weighted by Crippen LogP contribution is -2.41. The predicted octanol–water partition coefficient (Wildman–Crippen LogP) is 2.19. The molecular weight excluding hydrogens is 216 g/mol. The maximum Gasteiger partial charge on any atom is 0.256 e. The number of nitrogens with one attached hydrogen (secondary N) is 1. The molecule has 2 nitrogen and oxygen atoms in total. The molecule has 1 fully saturated rings. The second-order valence-corrected chi connectivity index (χ2v) is 5.17. The molecule has 1 rings (SSSR count). The van der Waals surface area contributed by atoms with Gasteiger partial charge in [-0.15, -0.1) is 0 Å². The number of hydrogen-bond donors (Lipinski definition) is 1. The van der Waals surface area contributed by atoms with Gasteiger partial charge in [0, 0.05) is 6.04 Å². The summed E-state index contributed by atoms with van der Waals surface area (Å²) in [6.07, 6.45) is 0.737. The van der Waals surface area contributed by atoms with Crippen molar-refractivity contribution in [2.24, 2.45) is 0 Å². The first-order valence-electron chi connectivity index (χ1n) is 4.22. The highest BCUT2D eigenvalue weighted by Gasteiger charge is 2.32. The summed E-state index contributed by atoms with van der Waals surface area (Å²) in [6.45, 7) is 1.40. The number of hydrogen-bond acceptors (Lipinski definition) is 1. The lowest BCUT2D eigenvalue weighted by Gasteiger charge is -2.17. The van der Waals surface area contributed by atoms with Crippen molar-refractivity contribution in [2.45, 2.75) is 42.7 Å². The van der Waals surface area contributed by atoms with Crippen molar-refractivity contribution in [3.8, 4) is 0 Å². The average Bonchev–Trinajstić information content (AvgIpc) is 2.33. The zero-order valence-electron chi connectivity index (χ0n) is 7.32. The molecule has 2 unspecified atom stereocenters. The summed E-state index contributed by atoms with van der Waals surface area (Å²) in [6, 6.07) is -0.112. The van der Waals surface area contributed by atoms with E-state index in [0.29, 0.717) is 19.3 Å². The molecule has 5 heteroatoms. The second kappa shape index (κ2) is 4.01. The molecule has 1 saturated carbocycles. The first-order valence-corrected chi connectivity index (χ1v) is 4.98. The number of carbonyl (C=O) groups is 1. The fraction of sp³-hybridized carbons (Fsp3) is 0.875. The molecule has 1 aliphatic carbocycles. The third-order valence-electron chi connectivity index (χ3n) is 2.10. The number of carbonyl (C=O) groups excluding carboxylic acids is 1. The lowest BCUT2D eigenvalue weighted by molar-refractivity contribution is -0.122. The first kappa shape index (κ1) is 11.1. The fourth-order valence-electron chi connectivity index (χ4n) is 1.37. The van der Waals surface area contributed by atoms with Crippen LogP contribution in [0.25, 0.3) is 0 Å². The molecule has 0 aliphatic heterocycles. The van der Waals surface area contributed by atoms with Gasteiger partial charge < -0.3 is 5.32 Å². The van der Waals surface area contributed by atoms with Gasteiger partial charge in [0.1, 0.15) is 6.17 Å². The molecule has 0 aromatic heterocycles. The molecule has 1 N–H and O–H groups in total. The van der Waals surface area contributed by atoms with Gasteiger partial charge in [-0.05, 0) is 26.2 Å². The molecule has 1 amide bonds. The van der Waals surface area contributed by atoms with Gasteiger partial charge in [-0.2, -0.15) is 0 Å². The average molecular weight is 228 g/mol. The van der Waals surface area contributed by atoms with Gasteiger partial charge >= 0.3 is 0 Å². The summed E-state index contributed by atoms with van der Waals surface area (Å²) in [5.74, 6) is -0.449. The van der Waals surface area contributed by atoms with Crippen LogP contribution in [0.15, 0.2) is 0 Å². The third-order valence-corrected chi connectivity index (χ3v) is 2.45. The smallest absolute Gasteiger partial charge is 0.256 e. The Morgan fingerprint density at radius 1 is 1.54 bits per heavy atom. The van der Waals surface area contributed by atoms with Crippen LogP contribution < -0.4 is 5.32 Å². The van der Waals surface area contributed by atoms with Gasteiger partial charge in [-0.3, -0.25) is 4.79 Å². The molecule has 0 radical (unpaired) electrons. The molecule has 0 aromatic rings. The molecule has 0 spiro atoms.